The molecular formula is C19H17N5O2. The molecule has 7 heteroatoms. The molecule has 2 heterocycles. The van der Waals surface area contributed by atoms with E-state index in [0.29, 0.717) is 29.1 Å². The molecule has 0 aliphatic rings. The van der Waals surface area contributed by atoms with Crippen molar-refractivity contribution in [1.82, 2.24) is 15.0 Å². The Hall–Kier alpha value is -3.74. The monoisotopic (exact) mass is 347 g/mol. The molecule has 0 saturated heterocycles. The molecule has 7 nitrogen and oxygen atoms in total. The highest BCUT2D eigenvalue weighted by Crippen LogP contribution is 2.23. The quantitative estimate of drug-likeness (QED) is 0.659. The summed E-state index contributed by atoms with van der Waals surface area (Å²) in [5.41, 5.74) is 1.09. The van der Waals surface area contributed by atoms with Gasteiger partial charge in [0.05, 0.1) is 0 Å². The number of aromatic nitrogens is 3. The number of hydrogen-bond acceptors (Lipinski definition) is 6. The van der Waals surface area contributed by atoms with Crippen LogP contribution in [0.15, 0.2) is 67.5 Å². The second-order valence-electron chi connectivity index (χ2n) is 5.39. The van der Waals surface area contributed by atoms with Crippen LogP contribution in [0.2, 0.25) is 0 Å². The van der Waals surface area contributed by atoms with Gasteiger partial charge in [0, 0.05) is 6.07 Å². The summed E-state index contributed by atoms with van der Waals surface area (Å²) in [5.74, 6) is 2.22. The number of pyridine rings is 1. The number of aryl methyl sites for hydroxylation is 1. The van der Waals surface area contributed by atoms with Crippen LogP contribution in [0, 0.1) is 6.92 Å². The Morgan fingerprint density at radius 3 is 2.69 bits per heavy atom. The van der Waals surface area contributed by atoms with Crippen molar-refractivity contribution in [3.8, 4) is 11.6 Å². The second kappa shape index (κ2) is 7.89. The van der Waals surface area contributed by atoms with Gasteiger partial charge in [0.15, 0.2) is 0 Å². The van der Waals surface area contributed by atoms with Crippen molar-refractivity contribution >= 4 is 23.4 Å². The predicted octanol–water partition coefficient (Wildman–Crippen LogP) is 3.84. The molecule has 1 amide bonds. The van der Waals surface area contributed by atoms with Crippen LogP contribution >= 0.6 is 0 Å². The molecule has 26 heavy (non-hydrogen) atoms. The minimum absolute atomic E-state index is 0.328. The van der Waals surface area contributed by atoms with Gasteiger partial charge in [-0.25, -0.2) is 15.0 Å². The van der Waals surface area contributed by atoms with Crippen LogP contribution in [0.4, 0.5) is 17.5 Å². The van der Waals surface area contributed by atoms with E-state index in [1.54, 1.807) is 24.3 Å². The third-order valence-corrected chi connectivity index (χ3v) is 3.30. The molecule has 0 radical (unpaired) electrons. The number of nitrogens with zero attached hydrogens (tertiary/aromatic N) is 3. The van der Waals surface area contributed by atoms with Crippen molar-refractivity contribution in [3.05, 3.63) is 73.1 Å². The maximum Gasteiger partial charge on any atom is 0.248 e. The van der Waals surface area contributed by atoms with Crippen molar-refractivity contribution < 1.29 is 9.53 Å². The molecule has 0 aliphatic heterocycles. The van der Waals surface area contributed by atoms with Crippen LogP contribution < -0.4 is 15.4 Å². The molecular weight excluding hydrogens is 330 g/mol. The maximum absolute atomic E-state index is 11.4. The lowest BCUT2D eigenvalue weighted by Gasteiger charge is -2.09. The topological polar surface area (TPSA) is 89.0 Å². The predicted molar refractivity (Wildman–Crippen MR) is 99.6 cm³/mol. The van der Waals surface area contributed by atoms with Gasteiger partial charge >= 0.3 is 0 Å². The highest BCUT2D eigenvalue weighted by molar-refractivity contribution is 5.98. The first kappa shape index (κ1) is 17.1. The van der Waals surface area contributed by atoms with Gasteiger partial charge in [-0.05, 0) is 42.8 Å². The number of ether oxygens (including phenoxy) is 1. The molecule has 0 atom stereocenters. The van der Waals surface area contributed by atoms with Gasteiger partial charge in [-0.1, -0.05) is 24.8 Å². The van der Waals surface area contributed by atoms with E-state index in [0.717, 1.165) is 5.56 Å². The maximum atomic E-state index is 11.4. The van der Waals surface area contributed by atoms with E-state index >= 15 is 0 Å². The number of carbonyl (C=O) groups excluding carboxylic acids is 1. The minimum atomic E-state index is -0.328. The van der Waals surface area contributed by atoms with Crippen LogP contribution in [0.1, 0.15) is 5.56 Å². The van der Waals surface area contributed by atoms with Gasteiger partial charge in [-0.2, -0.15) is 0 Å². The molecule has 0 fully saturated rings. The van der Waals surface area contributed by atoms with E-state index in [4.69, 9.17) is 4.74 Å². The minimum Gasteiger partial charge on any atom is -0.439 e. The number of anilines is 3. The van der Waals surface area contributed by atoms with Crippen LogP contribution in [0.5, 0.6) is 11.6 Å². The lowest BCUT2D eigenvalue weighted by molar-refractivity contribution is -0.111. The first-order valence-corrected chi connectivity index (χ1v) is 7.86. The fourth-order valence-electron chi connectivity index (χ4n) is 2.15. The van der Waals surface area contributed by atoms with Gasteiger partial charge in [-0.15, -0.1) is 0 Å². The fourth-order valence-corrected chi connectivity index (χ4v) is 2.15. The van der Waals surface area contributed by atoms with Crippen molar-refractivity contribution in [2.24, 2.45) is 0 Å². The summed E-state index contributed by atoms with van der Waals surface area (Å²) in [6.45, 7) is 5.40. The molecule has 0 unspecified atom stereocenters. The summed E-state index contributed by atoms with van der Waals surface area (Å²) in [6, 6.07) is 14.5. The Balaban J connectivity index is 1.73. The number of amides is 1. The van der Waals surface area contributed by atoms with Crippen molar-refractivity contribution in [1.29, 1.82) is 0 Å². The number of nitrogens with one attached hydrogen (secondary N) is 2. The van der Waals surface area contributed by atoms with Crippen molar-refractivity contribution in [3.63, 3.8) is 0 Å². The van der Waals surface area contributed by atoms with Crippen molar-refractivity contribution in [2.45, 2.75) is 6.92 Å². The zero-order valence-corrected chi connectivity index (χ0v) is 14.1. The number of carbonyl (C=O) groups is 1. The Labute approximate surface area is 150 Å². The molecule has 3 aromatic rings. The number of benzene rings is 1. The van der Waals surface area contributed by atoms with E-state index in [1.807, 2.05) is 31.2 Å². The molecule has 3 rings (SSSR count). The average Bonchev–Trinajstić information content (AvgIpc) is 2.62. The molecule has 0 bridgehead atoms. The third-order valence-electron chi connectivity index (χ3n) is 3.30. The second-order valence-corrected chi connectivity index (χ2v) is 5.39. The molecule has 2 N–H and O–H groups in total. The molecule has 1 aromatic carbocycles. The number of rotatable bonds is 6. The van der Waals surface area contributed by atoms with Gasteiger partial charge in [0.2, 0.25) is 11.8 Å². The van der Waals surface area contributed by atoms with E-state index in [1.165, 1.54) is 12.4 Å². The van der Waals surface area contributed by atoms with Gasteiger partial charge in [0.1, 0.15) is 29.5 Å². The normalized spacial score (nSPS) is 10.0. The fraction of sp³-hybridized carbons (Fsp3) is 0.0526. The zero-order valence-electron chi connectivity index (χ0n) is 14.1. The van der Waals surface area contributed by atoms with Gasteiger partial charge < -0.3 is 15.4 Å². The molecule has 0 aliphatic carbocycles. The summed E-state index contributed by atoms with van der Waals surface area (Å²) in [5, 5.41) is 5.66. The largest absolute Gasteiger partial charge is 0.439 e. The SMILES string of the molecule is C=CC(=O)Nc1cccc(Nc2cc(Oc3cccc(C)c3)ncn2)n1. The van der Waals surface area contributed by atoms with E-state index < -0.39 is 0 Å². The number of hydrogen-bond donors (Lipinski definition) is 2. The van der Waals surface area contributed by atoms with Crippen LogP contribution in [-0.4, -0.2) is 20.9 Å². The van der Waals surface area contributed by atoms with E-state index in [-0.39, 0.29) is 5.91 Å². The van der Waals surface area contributed by atoms with E-state index in [9.17, 15) is 4.79 Å². The molecule has 2 aromatic heterocycles. The summed E-state index contributed by atoms with van der Waals surface area (Å²) in [6.07, 6.45) is 2.58. The van der Waals surface area contributed by atoms with Crippen molar-refractivity contribution in [2.75, 3.05) is 10.6 Å². The van der Waals surface area contributed by atoms with Gasteiger partial charge in [0.25, 0.3) is 0 Å². The Morgan fingerprint density at radius 2 is 1.88 bits per heavy atom. The summed E-state index contributed by atoms with van der Waals surface area (Å²) >= 11 is 0. The zero-order chi connectivity index (χ0) is 18.4. The van der Waals surface area contributed by atoms with Crippen LogP contribution in [-0.2, 0) is 4.79 Å². The highest BCUT2D eigenvalue weighted by atomic mass is 16.5. The standard InChI is InChI=1S/C19H17N5O2/c1-3-18(25)24-16-9-5-8-15(22-16)23-17-11-19(21-12-20-17)26-14-7-4-6-13(2)10-14/h3-12H,1H2,2H3,(H2,20,21,22,23,24,25). The van der Waals surface area contributed by atoms with Crippen LogP contribution in [0.3, 0.4) is 0 Å². The smallest absolute Gasteiger partial charge is 0.248 e. The summed E-state index contributed by atoms with van der Waals surface area (Å²) < 4.78 is 5.75. The van der Waals surface area contributed by atoms with Crippen LogP contribution in [0.25, 0.3) is 0 Å². The van der Waals surface area contributed by atoms with Gasteiger partial charge in [-0.3, -0.25) is 4.79 Å². The highest BCUT2D eigenvalue weighted by Gasteiger charge is 2.05. The molecule has 0 saturated carbocycles. The lowest BCUT2D eigenvalue weighted by atomic mass is 10.2. The molecule has 130 valence electrons. The average molecular weight is 347 g/mol. The molecule has 0 spiro atoms. The summed E-state index contributed by atoms with van der Waals surface area (Å²) in [4.78, 5) is 23.9. The Bertz CT molecular complexity index is 942. The first-order chi connectivity index (χ1) is 12.6. The Kier molecular flexibility index (Phi) is 5.19. The lowest BCUT2D eigenvalue weighted by Crippen LogP contribution is -2.09. The Morgan fingerprint density at radius 1 is 1.08 bits per heavy atom. The first-order valence-electron chi connectivity index (χ1n) is 7.86. The van der Waals surface area contributed by atoms with E-state index in [2.05, 4.69) is 32.2 Å². The summed E-state index contributed by atoms with van der Waals surface area (Å²) in [7, 11) is 0. The third kappa shape index (κ3) is 4.64.